The quantitative estimate of drug-likeness (QED) is 0.634. The Morgan fingerprint density at radius 3 is 2.81 bits per heavy atom. The first kappa shape index (κ1) is 11.2. The number of aromatic nitrogens is 4. The summed E-state index contributed by atoms with van der Waals surface area (Å²) in [4.78, 5) is 4.10. The van der Waals surface area contributed by atoms with Gasteiger partial charge in [0.2, 0.25) is 0 Å². The van der Waals surface area contributed by atoms with E-state index in [-0.39, 0.29) is 6.04 Å². The van der Waals surface area contributed by atoms with Crippen molar-refractivity contribution < 1.29 is 0 Å². The van der Waals surface area contributed by atoms with E-state index in [4.69, 9.17) is 5.84 Å². The zero-order valence-corrected chi connectivity index (χ0v) is 10.2. The Kier molecular flexibility index (Phi) is 3.28. The van der Waals surface area contributed by atoms with Crippen LogP contribution in [0.5, 0.6) is 0 Å². The van der Waals surface area contributed by atoms with Crippen molar-refractivity contribution >= 4 is 15.9 Å². The van der Waals surface area contributed by atoms with Crippen LogP contribution in [0.1, 0.15) is 17.3 Å². The second kappa shape index (κ2) is 4.69. The molecule has 0 saturated heterocycles. The molecule has 6 nitrogen and oxygen atoms in total. The average Bonchev–Trinajstić information content (AvgIpc) is 2.67. The maximum Gasteiger partial charge on any atom is 0.0909 e. The predicted octanol–water partition coefficient (Wildman–Crippen LogP) is 0.525. The zero-order valence-electron chi connectivity index (χ0n) is 8.63. The maximum atomic E-state index is 5.55. The Balaban J connectivity index is 2.40. The molecule has 0 bridgehead atoms. The van der Waals surface area contributed by atoms with E-state index in [9.17, 15) is 0 Å². The minimum Gasteiger partial charge on any atom is -0.271 e. The molecule has 2 rings (SSSR count). The summed E-state index contributed by atoms with van der Waals surface area (Å²) in [5.41, 5.74) is 4.55. The molecule has 16 heavy (non-hydrogen) atoms. The van der Waals surface area contributed by atoms with Crippen LogP contribution < -0.4 is 11.3 Å². The first-order valence-electron chi connectivity index (χ1n) is 4.63. The lowest BCUT2D eigenvalue weighted by atomic mass is 10.1. The number of nitrogens with one attached hydrogen (secondary N) is 1. The number of nitrogens with two attached hydrogens (primary N) is 1. The summed E-state index contributed by atoms with van der Waals surface area (Å²) < 4.78 is 2.58. The normalized spacial score (nSPS) is 12.7. The number of rotatable bonds is 3. The van der Waals surface area contributed by atoms with Gasteiger partial charge in [0, 0.05) is 23.9 Å². The van der Waals surface area contributed by atoms with Crippen molar-refractivity contribution in [3.05, 3.63) is 40.4 Å². The average molecular weight is 283 g/mol. The van der Waals surface area contributed by atoms with E-state index in [1.165, 1.54) is 0 Å². The molecular formula is C9H11BrN6. The van der Waals surface area contributed by atoms with Crippen LogP contribution in [0, 0.1) is 0 Å². The fourth-order valence-corrected chi connectivity index (χ4v) is 1.88. The molecule has 2 heterocycles. The lowest BCUT2D eigenvalue weighted by Gasteiger charge is -2.15. The number of hydrogen-bond donors (Lipinski definition) is 2. The topological polar surface area (TPSA) is 81.7 Å². The van der Waals surface area contributed by atoms with Gasteiger partial charge in [-0.05, 0) is 27.6 Å². The molecule has 0 spiro atoms. The molecule has 3 N–H and O–H groups in total. The molecule has 0 aromatic carbocycles. The van der Waals surface area contributed by atoms with Crippen LogP contribution >= 0.6 is 15.9 Å². The molecule has 84 valence electrons. The fraction of sp³-hybridized carbons (Fsp3) is 0.222. The smallest absolute Gasteiger partial charge is 0.0909 e. The second-order valence-corrected chi connectivity index (χ2v) is 4.23. The molecule has 0 fully saturated rings. The number of hydrogen-bond acceptors (Lipinski definition) is 5. The SMILES string of the molecule is Cn1nncc1C(NN)c1cncc(Br)c1. The molecule has 0 saturated carbocycles. The summed E-state index contributed by atoms with van der Waals surface area (Å²) >= 11 is 3.37. The van der Waals surface area contributed by atoms with Gasteiger partial charge in [0.1, 0.15) is 0 Å². The standard InChI is InChI=1S/C9H11BrN6/c1-16-8(5-13-15-16)9(14-11)6-2-7(10)4-12-3-6/h2-5,9,14H,11H2,1H3. The minimum atomic E-state index is -0.176. The number of aryl methyl sites for hydroxylation is 1. The first-order valence-corrected chi connectivity index (χ1v) is 5.43. The van der Waals surface area contributed by atoms with Crippen molar-refractivity contribution in [3.8, 4) is 0 Å². The van der Waals surface area contributed by atoms with Gasteiger partial charge < -0.3 is 0 Å². The van der Waals surface area contributed by atoms with Crippen LogP contribution in [0.15, 0.2) is 29.1 Å². The highest BCUT2D eigenvalue weighted by atomic mass is 79.9. The summed E-state index contributed by atoms with van der Waals surface area (Å²) in [6.45, 7) is 0. The van der Waals surface area contributed by atoms with Crippen molar-refractivity contribution in [1.82, 2.24) is 25.4 Å². The van der Waals surface area contributed by atoms with Crippen LogP contribution in [0.25, 0.3) is 0 Å². The van der Waals surface area contributed by atoms with E-state index in [0.717, 1.165) is 15.7 Å². The third-order valence-electron chi connectivity index (χ3n) is 2.27. The summed E-state index contributed by atoms with van der Waals surface area (Å²) in [6.07, 6.45) is 5.15. The Hall–Kier alpha value is -1.31. The van der Waals surface area contributed by atoms with Crippen LogP contribution in [-0.4, -0.2) is 20.0 Å². The molecule has 1 atom stereocenters. The summed E-state index contributed by atoms with van der Waals surface area (Å²) in [7, 11) is 1.82. The summed E-state index contributed by atoms with van der Waals surface area (Å²) in [6, 6.07) is 1.77. The van der Waals surface area contributed by atoms with E-state index in [2.05, 4.69) is 36.7 Å². The molecule has 0 radical (unpaired) electrons. The molecule has 2 aromatic rings. The number of nitrogens with zero attached hydrogens (tertiary/aromatic N) is 4. The minimum absolute atomic E-state index is 0.176. The zero-order chi connectivity index (χ0) is 11.5. The van der Waals surface area contributed by atoms with Crippen LogP contribution in [0.4, 0.5) is 0 Å². The van der Waals surface area contributed by atoms with Gasteiger partial charge in [0.05, 0.1) is 17.9 Å². The predicted molar refractivity (Wildman–Crippen MR) is 62.1 cm³/mol. The monoisotopic (exact) mass is 282 g/mol. The Labute approximate surface area is 101 Å². The Morgan fingerprint density at radius 2 is 2.25 bits per heavy atom. The van der Waals surface area contributed by atoms with Crippen molar-refractivity contribution in [2.45, 2.75) is 6.04 Å². The maximum absolute atomic E-state index is 5.55. The highest BCUT2D eigenvalue weighted by Gasteiger charge is 2.16. The summed E-state index contributed by atoms with van der Waals surface area (Å²) in [5.74, 6) is 5.55. The van der Waals surface area contributed by atoms with E-state index in [1.54, 1.807) is 23.3 Å². The first-order chi connectivity index (χ1) is 7.72. The van der Waals surface area contributed by atoms with Crippen molar-refractivity contribution in [3.63, 3.8) is 0 Å². The number of pyridine rings is 1. The number of halogens is 1. The van der Waals surface area contributed by atoms with E-state index in [1.807, 2.05) is 13.1 Å². The van der Waals surface area contributed by atoms with Crippen LogP contribution in [-0.2, 0) is 7.05 Å². The van der Waals surface area contributed by atoms with E-state index < -0.39 is 0 Å². The highest BCUT2D eigenvalue weighted by molar-refractivity contribution is 9.10. The van der Waals surface area contributed by atoms with Gasteiger partial charge in [-0.1, -0.05) is 5.21 Å². The molecule has 0 aliphatic rings. The lowest BCUT2D eigenvalue weighted by molar-refractivity contribution is 0.569. The third kappa shape index (κ3) is 2.11. The van der Waals surface area contributed by atoms with Gasteiger partial charge in [-0.15, -0.1) is 5.10 Å². The highest BCUT2D eigenvalue weighted by Crippen LogP contribution is 2.21. The van der Waals surface area contributed by atoms with E-state index >= 15 is 0 Å². The van der Waals surface area contributed by atoms with Gasteiger partial charge in [-0.2, -0.15) is 0 Å². The molecule has 0 aliphatic carbocycles. The van der Waals surface area contributed by atoms with Crippen molar-refractivity contribution in [1.29, 1.82) is 0 Å². The number of hydrazine groups is 1. The van der Waals surface area contributed by atoms with Crippen LogP contribution in [0.3, 0.4) is 0 Å². The van der Waals surface area contributed by atoms with Gasteiger partial charge in [-0.25, -0.2) is 5.43 Å². The fourth-order valence-electron chi connectivity index (χ4n) is 1.50. The van der Waals surface area contributed by atoms with Crippen LogP contribution in [0.2, 0.25) is 0 Å². The third-order valence-corrected chi connectivity index (χ3v) is 2.70. The molecule has 2 aromatic heterocycles. The molecule has 1 unspecified atom stereocenters. The van der Waals surface area contributed by atoms with Gasteiger partial charge in [0.25, 0.3) is 0 Å². The lowest BCUT2D eigenvalue weighted by Crippen LogP contribution is -2.30. The molecule has 0 amide bonds. The Morgan fingerprint density at radius 1 is 1.44 bits per heavy atom. The van der Waals surface area contributed by atoms with E-state index in [0.29, 0.717) is 0 Å². The summed E-state index contributed by atoms with van der Waals surface area (Å²) in [5, 5.41) is 7.70. The van der Waals surface area contributed by atoms with Crippen molar-refractivity contribution in [2.75, 3.05) is 0 Å². The molecule has 7 heteroatoms. The molecular weight excluding hydrogens is 272 g/mol. The second-order valence-electron chi connectivity index (χ2n) is 3.32. The van der Waals surface area contributed by atoms with Gasteiger partial charge >= 0.3 is 0 Å². The van der Waals surface area contributed by atoms with Gasteiger partial charge in [-0.3, -0.25) is 15.5 Å². The van der Waals surface area contributed by atoms with Crippen molar-refractivity contribution in [2.24, 2.45) is 12.9 Å². The largest absolute Gasteiger partial charge is 0.271 e. The molecule has 0 aliphatic heterocycles. The van der Waals surface area contributed by atoms with Gasteiger partial charge in [0.15, 0.2) is 0 Å². The Bertz CT molecular complexity index is 482.